The number of H-pyrrole nitrogens is 1. The average molecular weight is 661 g/mol. The second-order valence-corrected chi connectivity index (χ2v) is 10.5. The number of nitrogens with zero attached hydrogens (tertiary/aromatic N) is 2. The number of amides is 3. The lowest BCUT2D eigenvalue weighted by Gasteiger charge is -2.24. The van der Waals surface area contributed by atoms with Gasteiger partial charge in [0.05, 0.1) is 18.5 Å². The van der Waals surface area contributed by atoms with Gasteiger partial charge < -0.3 is 20.1 Å². The Labute approximate surface area is 242 Å². The number of nitrogens with one attached hydrogen (secondary N) is 2. The van der Waals surface area contributed by atoms with Crippen LogP contribution in [0.15, 0.2) is 72.9 Å². The molecule has 0 bridgehead atoms. The highest BCUT2D eigenvalue weighted by Crippen LogP contribution is 2.34. The fourth-order valence-corrected chi connectivity index (χ4v) is 5.13. The Bertz CT molecular complexity index is 1510. The van der Waals surface area contributed by atoms with Crippen molar-refractivity contribution in [2.45, 2.75) is 18.5 Å². The largest absolute Gasteiger partial charge is 0.491 e. The van der Waals surface area contributed by atoms with Crippen LogP contribution in [-0.4, -0.2) is 45.1 Å². The number of imide groups is 1. The van der Waals surface area contributed by atoms with E-state index in [4.69, 9.17) is 21.4 Å². The molecule has 0 spiro atoms. The summed E-state index contributed by atoms with van der Waals surface area (Å²) in [6, 6.07) is 16.4. The minimum atomic E-state index is -0.916. The molecule has 8 nitrogen and oxygen atoms in total. The highest BCUT2D eigenvalue weighted by molar-refractivity contribution is 14.1. The van der Waals surface area contributed by atoms with Crippen molar-refractivity contribution in [2.75, 3.05) is 13.2 Å². The van der Waals surface area contributed by atoms with Gasteiger partial charge in [0.1, 0.15) is 36.1 Å². The number of aromatic nitrogens is 2. The minimum Gasteiger partial charge on any atom is -0.491 e. The highest BCUT2D eigenvalue weighted by Gasteiger charge is 2.44. The van der Waals surface area contributed by atoms with Gasteiger partial charge in [-0.2, -0.15) is 0 Å². The summed E-state index contributed by atoms with van der Waals surface area (Å²) in [4.78, 5) is 35.6. The Kier molecular flexibility index (Phi) is 8.15. The van der Waals surface area contributed by atoms with Crippen molar-refractivity contribution in [3.8, 4) is 17.0 Å². The SMILES string of the molecule is O=C1N[C@H](c2ccc(OCCO)cc2)C(=O)N1C(Cc1ccccc1Cl)c1ncc(-c2ccc(I)cc2F)[nH]1. The van der Waals surface area contributed by atoms with E-state index in [0.717, 1.165) is 14.0 Å². The zero-order valence-corrected chi connectivity index (χ0v) is 23.3. The lowest BCUT2D eigenvalue weighted by atomic mass is 10.0. The molecule has 1 unspecified atom stereocenters. The zero-order chi connectivity index (χ0) is 27.5. The number of aliphatic hydroxyl groups is 1. The van der Waals surface area contributed by atoms with Gasteiger partial charge in [0.2, 0.25) is 0 Å². The Morgan fingerprint density at radius 3 is 2.62 bits per heavy atom. The number of ether oxygens (including phenoxy) is 1. The monoisotopic (exact) mass is 660 g/mol. The van der Waals surface area contributed by atoms with Crippen LogP contribution in [0.1, 0.15) is 29.0 Å². The smallest absolute Gasteiger partial charge is 0.325 e. The zero-order valence-electron chi connectivity index (χ0n) is 20.4. The average Bonchev–Trinajstić information content (AvgIpc) is 3.52. The molecule has 4 aromatic rings. The molecule has 3 N–H and O–H groups in total. The van der Waals surface area contributed by atoms with Gasteiger partial charge in [-0.15, -0.1) is 0 Å². The van der Waals surface area contributed by atoms with Crippen molar-refractivity contribution in [2.24, 2.45) is 0 Å². The number of rotatable bonds is 9. The summed E-state index contributed by atoms with van der Waals surface area (Å²) in [6.45, 7) is 0.0264. The van der Waals surface area contributed by atoms with Crippen molar-refractivity contribution in [1.29, 1.82) is 0 Å². The molecule has 0 saturated carbocycles. The van der Waals surface area contributed by atoms with Crippen LogP contribution in [0.3, 0.4) is 0 Å². The van der Waals surface area contributed by atoms with Crippen molar-refractivity contribution in [1.82, 2.24) is 20.2 Å². The second-order valence-electron chi connectivity index (χ2n) is 8.85. The third kappa shape index (κ3) is 5.77. The molecule has 2 heterocycles. The number of urea groups is 1. The lowest BCUT2D eigenvalue weighted by molar-refractivity contribution is -0.129. The van der Waals surface area contributed by atoms with Gasteiger partial charge in [-0.05, 0) is 70.1 Å². The van der Waals surface area contributed by atoms with E-state index >= 15 is 0 Å². The highest BCUT2D eigenvalue weighted by atomic mass is 127. The third-order valence-electron chi connectivity index (χ3n) is 6.36. The van der Waals surface area contributed by atoms with Gasteiger partial charge in [-0.1, -0.05) is 41.9 Å². The van der Waals surface area contributed by atoms with Crippen LogP contribution in [0.25, 0.3) is 11.3 Å². The molecule has 0 radical (unpaired) electrons. The Morgan fingerprint density at radius 1 is 1.13 bits per heavy atom. The number of carbonyl (C=O) groups is 2. The quantitative estimate of drug-likeness (QED) is 0.164. The van der Waals surface area contributed by atoms with E-state index in [9.17, 15) is 14.0 Å². The van der Waals surface area contributed by atoms with E-state index in [1.807, 2.05) is 34.7 Å². The number of imidazole rings is 1. The van der Waals surface area contributed by atoms with Crippen molar-refractivity contribution in [3.05, 3.63) is 104 Å². The first-order valence-corrected chi connectivity index (χ1v) is 13.5. The number of aliphatic hydroxyl groups excluding tert-OH is 1. The van der Waals surface area contributed by atoms with E-state index in [1.54, 1.807) is 48.5 Å². The molecular weight excluding hydrogens is 638 g/mol. The van der Waals surface area contributed by atoms with Gasteiger partial charge in [-0.25, -0.2) is 14.2 Å². The minimum absolute atomic E-state index is 0.120. The van der Waals surface area contributed by atoms with E-state index in [0.29, 0.717) is 33.4 Å². The molecule has 3 amide bonds. The fraction of sp³-hybridized carbons (Fsp3) is 0.179. The van der Waals surface area contributed by atoms with Gasteiger partial charge >= 0.3 is 6.03 Å². The number of hydrogen-bond donors (Lipinski definition) is 3. The van der Waals surface area contributed by atoms with Crippen LogP contribution >= 0.6 is 34.2 Å². The second kappa shape index (κ2) is 11.7. The normalized spacial score (nSPS) is 15.9. The molecule has 2 atom stereocenters. The molecule has 39 heavy (non-hydrogen) atoms. The molecule has 1 aliphatic heterocycles. The topological polar surface area (TPSA) is 108 Å². The Hall–Kier alpha value is -3.48. The summed E-state index contributed by atoms with van der Waals surface area (Å²) in [5, 5.41) is 12.2. The first-order valence-electron chi connectivity index (χ1n) is 12.1. The van der Waals surface area contributed by atoms with Crippen molar-refractivity contribution < 1.29 is 23.8 Å². The molecule has 3 aromatic carbocycles. The van der Waals surface area contributed by atoms with Crippen molar-refractivity contribution in [3.63, 3.8) is 0 Å². The lowest BCUT2D eigenvalue weighted by Crippen LogP contribution is -2.37. The number of aromatic amines is 1. The molecule has 1 saturated heterocycles. The van der Waals surface area contributed by atoms with Crippen LogP contribution in [-0.2, 0) is 11.2 Å². The Morgan fingerprint density at radius 2 is 1.90 bits per heavy atom. The van der Waals surface area contributed by atoms with E-state index < -0.39 is 29.8 Å². The summed E-state index contributed by atoms with van der Waals surface area (Å²) < 4.78 is 20.8. The first kappa shape index (κ1) is 27.1. The molecule has 11 heteroatoms. The number of benzene rings is 3. The van der Waals surface area contributed by atoms with Gasteiger partial charge in [-0.3, -0.25) is 9.69 Å². The van der Waals surface area contributed by atoms with E-state index in [2.05, 4.69) is 15.3 Å². The van der Waals surface area contributed by atoms with Crippen molar-refractivity contribution >= 4 is 46.1 Å². The van der Waals surface area contributed by atoms with Crippen LogP contribution in [0.2, 0.25) is 5.02 Å². The number of halogens is 3. The number of hydrogen-bond acceptors (Lipinski definition) is 5. The standard InChI is InChI=1S/C28H23ClFIN4O4/c29-21-4-2-1-3-17(21)13-24(26-32-15-23(33-26)20-10-7-18(31)14-22(20)30)35-27(37)25(34-28(35)38)16-5-8-19(9-6-16)39-12-11-36/h1-10,14-15,24-25,36H,11-13H2,(H,32,33)(H,34,38)/t24?,25-/m1/s1. The summed E-state index contributed by atoms with van der Waals surface area (Å²) in [6.07, 6.45) is 1.68. The maximum atomic E-state index is 14.7. The van der Waals surface area contributed by atoms with Gasteiger partial charge in [0, 0.05) is 20.6 Å². The van der Waals surface area contributed by atoms with Crippen LogP contribution in [0.5, 0.6) is 5.75 Å². The van der Waals surface area contributed by atoms with E-state index in [1.165, 1.54) is 12.3 Å². The van der Waals surface area contributed by atoms with Crippen LogP contribution in [0, 0.1) is 9.39 Å². The molecular formula is C28H23ClFIN4O4. The molecule has 5 rings (SSSR count). The van der Waals surface area contributed by atoms with E-state index in [-0.39, 0.29) is 19.6 Å². The first-order chi connectivity index (χ1) is 18.9. The molecule has 1 aromatic heterocycles. The van der Waals surface area contributed by atoms with Gasteiger partial charge in [0.25, 0.3) is 5.91 Å². The Balaban J connectivity index is 1.48. The van der Waals surface area contributed by atoms with Crippen LogP contribution < -0.4 is 10.1 Å². The van der Waals surface area contributed by atoms with Gasteiger partial charge in [0.15, 0.2) is 0 Å². The summed E-state index contributed by atoms with van der Waals surface area (Å²) >= 11 is 8.47. The van der Waals surface area contributed by atoms with Crippen LogP contribution in [0.4, 0.5) is 9.18 Å². The summed E-state index contributed by atoms with van der Waals surface area (Å²) in [5.41, 5.74) is 2.04. The molecule has 200 valence electrons. The number of carbonyl (C=O) groups excluding carboxylic acids is 2. The molecule has 1 aliphatic rings. The summed E-state index contributed by atoms with van der Waals surface area (Å²) in [5.74, 6) is -0.0237. The predicted octanol–water partition coefficient (Wildman–Crippen LogP) is 5.42. The molecule has 1 fully saturated rings. The molecule has 0 aliphatic carbocycles. The predicted molar refractivity (Wildman–Crippen MR) is 152 cm³/mol. The fourth-order valence-electron chi connectivity index (χ4n) is 4.47. The summed E-state index contributed by atoms with van der Waals surface area (Å²) in [7, 11) is 0. The maximum absolute atomic E-state index is 14.7. The third-order valence-corrected chi connectivity index (χ3v) is 7.40. The maximum Gasteiger partial charge on any atom is 0.325 e.